The molecule has 4 nitrogen and oxygen atoms in total. The van der Waals surface area contributed by atoms with E-state index >= 15 is 0 Å². The Morgan fingerprint density at radius 3 is 2.80 bits per heavy atom. The van der Waals surface area contributed by atoms with Crippen LogP contribution >= 0.6 is 0 Å². The minimum absolute atomic E-state index is 0.105. The topological polar surface area (TPSA) is 32.8 Å². The first-order valence-corrected chi connectivity index (χ1v) is 5.44. The number of esters is 1. The van der Waals surface area contributed by atoms with E-state index in [2.05, 4.69) is 16.8 Å². The average Bonchev–Trinajstić information content (AvgIpc) is 2.37. The summed E-state index contributed by atoms with van der Waals surface area (Å²) in [5.41, 5.74) is 1.11. The number of ether oxygens (including phenoxy) is 1. The molecule has 2 rings (SSSR count). The summed E-state index contributed by atoms with van der Waals surface area (Å²) in [5, 5.41) is 0. The maximum atomic E-state index is 11.8. The van der Waals surface area contributed by atoms with Crippen molar-refractivity contribution in [1.29, 1.82) is 0 Å². The first kappa shape index (κ1) is 10.5. The van der Waals surface area contributed by atoms with Gasteiger partial charge in [0, 0.05) is 18.8 Å². The molecule has 2 aliphatic heterocycles. The number of hydrogen-bond donors (Lipinski definition) is 0. The van der Waals surface area contributed by atoms with Crippen molar-refractivity contribution in [2.45, 2.75) is 26.3 Å². The van der Waals surface area contributed by atoms with E-state index < -0.39 is 0 Å². The summed E-state index contributed by atoms with van der Waals surface area (Å²) in [6, 6.07) is -0.110. The van der Waals surface area contributed by atoms with Crippen LogP contribution in [0.5, 0.6) is 0 Å². The van der Waals surface area contributed by atoms with Gasteiger partial charge in [0.15, 0.2) is 0 Å². The molecule has 0 amide bonds. The molecular formula is C11H18N2O2. The molecule has 0 bridgehead atoms. The fourth-order valence-corrected chi connectivity index (χ4v) is 2.25. The number of nitrogens with zero attached hydrogens (tertiary/aromatic N) is 2. The molecule has 0 saturated carbocycles. The highest BCUT2D eigenvalue weighted by Gasteiger charge is 2.35. The Kier molecular flexibility index (Phi) is 2.69. The van der Waals surface area contributed by atoms with Crippen molar-refractivity contribution in [1.82, 2.24) is 9.80 Å². The number of allylic oxidation sites excluding steroid dienone is 2. The molecular weight excluding hydrogens is 192 g/mol. The summed E-state index contributed by atoms with van der Waals surface area (Å²) in [6.07, 6.45) is 1.10. The van der Waals surface area contributed by atoms with Crippen molar-refractivity contribution in [3.05, 3.63) is 11.5 Å². The van der Waals surface area contributed by atoms with E-state index in [1.54, 1.807) is 0 Å². The van der Waals surface area contributed by atoms with Crippen molar-refractivity contribution in [3.63, 3.8) is 0 Å². The number of fused-ring (bicyclic) bond motifs is 1. The van der Waals surface area contributed by atoms with Gasteiger partial charge in [-0.15, -0.1) is 0 Å². The van der Waals surface area contributed by atoms with Crippen LogP contribution in [-0.4, -0.2) is 48.5 Å². The van der Waals surface area contributed by atoms with Gasteiger partial charge in [0.1, 0.15) is 11.8 Å². The van der Waals surface area contributed by atoms with Crippen molar-refractivity contribution in [2.75, 3.05) is 26.7 Å². The normalized spacial score (nSPS) is 28.6. The van der Waals surface area contributed by atoms with E-state index in [4.69, 9.17) is 4.74 Å². The molecule has 0 aromatic carbocycles. The molecule has 2 heterocycles. The number of cyclic esters (lactones) is 1. The molecule has 84 valence electrons. The Hall–Kier alpha value is -1.03. The van der Waals surface area contributed by atoms with Gasteiger partial charge in [-0.1, -0.05) is 0 Å². The second kappa shape index (κ2) is 3.85. The minimum Gasteiger partial charge on any atom is -0.428 e. The van der Waals surface area contributed by atoms with Gasteiger partial charge in [-0.3, -0.25) is 0 Å². The summed E-state index contributed by atoms with van der Waals surface area (Å²) in [4.78, 5) is 16.1. The first-order chi connectivity index (χ1) is 7.09. The van der Waals surface area contributed by atoms with Crippen molar-refractivity contribution in [2.24, 2.45) is 0 Å². The van der Waals surface area contributed by atoms with Crippen LogP contribution in [0.25, 0.3) is 0 Å². The lowest BCUT2D eigenvalue weighted by Gasteiger charge is -2.36. The van der Waals surface area contributed by atoms with Crippen molar-refractivity contribution >= 4 is 5.97 Å². The van der Waals surface area contributed by atoms with Gasteiger partial charge in [0.05, 0.1) is 0 Å². The molecule has 0 radical (unpaired) electrons. The lowest BCUT2D eigenvalue weighted by atomic mass is 10.1. The van der Waals surface area contributed by atoms with Gasteiger partial charge in [-0.25, -0.2) is 4.79 Å². The van der Waals surface area contributed by atoms with E-state index in [-0.39, 0.29) is 12.0 Å². The predicted octanol–water partition coefficient (Wildman–Crippen LogP) is 0.801. The summed E-state index contributed by atoms with van der Waals surface area (Å²) in [7, 11) is 2.05. The third kappa shape index (κ3) is 1.86. The van der Waals surface area contributed by atoms with Crippen molar-refractivity contribution < 1.29 is 9.53 Å². The third-order valence-electron chi connectivity index (χ3n) is 3.27. The zero-order valence-corrected chi connectivity index (χ0v) is 9.62. The fraction of sp³-hybridized carbons (Fsp3) is 0.727. The number of hydrogen-bond acceptors (Lipinski definition) is 4. The largest absolute Gasteiger partial charge is 0.428 e. The molecule has 0 aliphatic carbocycles. The van der Waals surface area contributed by atoms with Gasteiger partial charge in [0.25, 0.3) is 0 Å². The summed E-state index contributed by atoms with van der Waals surface area (Å²) in [5.74, 6) is 0.646. The molecule has 1 unspecified atom stereocenters. The smallest absolute Gasteiger partial charge is 0.335 e. The van der Waals surface area contributed by atoms with E-state index in [1.807, 2.05) is 13.8 Å². The first-order valence-electron chi connectivity index (χ1n) is 5.44. The zero-order chi connectivity index (χ0) is 11.0. The van der Waals surface area contributed by atoms with Crippen LogP contribution in [0.1, 0.15) is 20.3 Å². The van der Waals surface area contributed by atoms with Crippen LogP contribution in [0.3, 0.4) is 0 Å². The fourth-order valence-electron chi connectivity index (χ4n) is 2.25. The summed E-state index contributed by atoms with van der Waals surface area (Å²) in [6.45, 7) is 6.65. The third-order valence-corrected chi connectivity index (χ3v) is 3.27. The number of likely N-dealkylation sites (N-methyl/N-ethyl adjacent to an activating group) is 1. The molecule has 1 fully saturated rings. The van der Waals surface area contributed by atoms with Crippen LogP contribution in [-0.2, 0) is 9.53 Å². The highest BCUT2D eigenvalue weighted by molar-refractivity contribution is 5.78. The highest BCUT2D eigenvalue weighted by Crippen LogP contribution is 2.24. The molecule has 0 aromatic heterocycles. The van der Waals surface area contributed by atoms with Crippen LogP contribution < -0.4 is 0 Å². The summed E-state index contributed by atoms with van der Waals surface area (Å²) < 4.78 is 5.24. The molecule has 2 aliphatic rings. The quantitative estimate of drug-likeness (QED) is 0.554. The predicted molar refractivity (Wildman–Crippen MR) is 57.1 cm³/mol. The molecule has 1 atom stereocenters. The second-order valence-corrected chi connectivity index (χ2v) is 4.39. The summed E-state index contributed by atoms with van der Waals surface area (Å²) >= 11 is 0. The van der Waals surface area contributed by atoms with Gasteiger partial charge in [-0.05, 0) is 33.9 Å². The molecule has 1 saturated heterocycles. The Morgan fingerprint density at radius 2 is 2.07 bits per heavy atom. The lowest BCUT2D eigenvalue weighted by Crippen LogP contribution is -2.48. The molecule has 0 aromatic rings. The molecule has 15 heavy (non-hydrogen) atoms. The maximum absolute atomic E-state index is 11.8. The molecule has 0 spiro atoms. The van der Waals surface area contributed by atoms with Crippen LogP contribution in [0, 0.1) is 0 Å². The van der Waals surface area contributed by atoms with Gasteiger partial charge in [-0.2, -0.15) is 0 Å². The molecule has 4 heteroatoms. The lowest BCUT2D eigenvalue weighted by molar-refractivity contribution is -0.148. The minimum atomic E-state index is -0.110. The van der Waals surface area contributed by atoms with Gasteiger partial charge in [0.2, 0.25) is 0 Å². The number of carbonyl (C=O) groups excluding carboxylic acids is 1. The van der Waals surface area contributed by atoms with Crippen LogP contribution in [0.4, 0.5) is 0 Å². The van der Waals surface area contributed by atoms with E-state index in [0.717, 1.165) is 37.5 Å². The maximum Gasteiger partial charge on any atom is 0.335 e. The number of carbonyl (C=O) groups is 1. The van der Waals surface area contributed by atoms with Gasteiger partial charge < -0.3 is 14.5 Å². The monoisotopic (exact) mass is 210 g/mol. The van der Waals surface area contributed by atoms with Gasteiger partial charge >= 0.3 is 5.97 Å². The van der Waals surface area contributed by atoms with E-state index in [9.17, 15) is 4.79 Å². The van der Waals surface area contributed by atoms with Crippen LogP contribution in [0.15, 0.2) is 11.5 Å². The SMILES string of the molecule is CC1=C(C)N2CCCN(C)CC2C(=O)O1. The highest BCUT2D eigenvalue weighted by atomic mass is 16.5. The van der Waals surface area contributed by atoms with Crippen LogP contribution in [0.2, 0.25) is 0 Å². The standard InChI is InChI=1S/C11H18N2O2/c1-8-9(2)15-11(14)10-7-12(3)5-4-6-13(8)10/h10H,4-7H2,1-3H3. The molecule has 0 N–H and O–H groups in total. The van der Waals surface area contributed by atoms with E-state index in [1.165, 1.54) is 0 Å². The average molecular weight is 210 g/mol. The Morgan fingerprint density at radius 1 is 1.33 bits per heavy atom. The Bertz CT molecular complexity index is 312. The van der Waals surface area contributed by atoms with Crippen molar-refractivity contribution in [3.8, 4) is 0 Å². The zero-order valence-electron chi connectivity index (χ0n) is 9.62. The Balaban J connectivity index is 2.28. The van der Waals surface area contributed by atoms with E-state index in [0.29, 0.717) is 0 Å². The second-order valence-electron chi connectivity index (χ2n) is 4.39. The Labute approximate surface area is 90.5 Å². The number of rotatable bonds is 0.